The Bertz CT molecular complexity index is 871. The number of nitrogens with zero attached hydrogens (tertiary/aromatic N) is 5. The maximum Gasteiger partial charge on any atom is 0.417 e. The summed E-state index contributed by atoms with van der Waals surface area (Å²) in [5.74, 6) is 0.858. The van der Waals surface area contributed by atoms with E-state index < -0.39 is 17.3 Å². The summed E-state index contributed by atoms with van der Waals surface area (Å²) in [4.78, 5) is 12.3. The highest BCUT2D eigenvalue weighted by Crippen LogP contribution is 2.36. The molecule has 27 heavy (non-hydrogen) atoms. The van der Waals surface area contributed by atoms with Gasteiger partial charge in [0.25, 0.3) is 0 Å². The Hall–Kier alpha value is -2.60. The van der Waals surface area contributed by atoms with Crippen LogP contribution < -0.4 is 4.90 Å². The van der Waals surface area contributed by atoms with Crippen LogP contribution in [-0.4, -0.2) is 41.0 Å². The first-order valence-electron chi connectivity index (χ1n) is 8.53. The third-order valence-corrected chi connectivity index (χ3v) is 4.88. The summed E-state index contributed by atoms with van der Waals surface area (Å²) < 4.78 is 45.2. The second kappa shape index (κ2) is 7.19. The van der Waals surface area contributed by atoms with E-state index in [9.17, 15) is 18.4 Å². The molecule has 1 fully saturated rings. The van der Waals surface area contributed by atoms with Gasteiger partial charge >= 0.3 is 6.18 Å². The van der Waals surface area contributed by atoms with Gasteiger partial charge in [0, 0.05) is 31.4 Å². The first-order chi connectivity index (χ1) is 12.7. The van der Waals surface area contributed by atoms with Crippen molar-refractivity contribution in [3.8, 4) is 6.07 Å². The van der Waals surface area contributed by atoms with Gasteiger partial charge in [-0.05, 0) is 33.4 Å². The van der Waals surface area contributed by atoms with Crippen LogP contribution in [0.5, 0.6) is 0 Å². The van der Waals surface area contributed by atoms with Crippen molar-refractivity contribution in [2.75, 3.05) is 25.0 Å². The van der Waals surface area contributed by atoms with Crippen LogP contribution in [0.25, 0.3) is 0 Å². The summed E-state index contributed by atoms with van der Waals surface area (Å²) >= 11 is 0. The van der Waals surface area contributed by atoms with Crippen LogP contribution in [0.15, 0.2) is 16.9 Å². The molecule has 9 heteroatoms. The third-order valence-electron chi connectivity index (χ3n) is 4.88. The molecule has 3 rings (SSSR count). The standard InChI is InChI=1S/C18H20F3N5O/c1-11-6-15(18(19,20)21)14(7-22)17(24-11)26-5-4-13(8-26)25(3)9-16-12(2)27-10-23-16/h6,10,13H,4-5,8-9H2,1-3H3. The molecule has 1 saturated heterocycles. The maximum absolute atomic E-state index is 13.3. The topological polar surface area (TPSA) is 69.2 Å². The Balaban J connectivity index is 1.82. The van der Waals surface area contributed by atoms with Gasteiger partial charge in [-0.3, -0.25) is 4.90 Å². The van der Waals surface area contributed by atoms with Crippen molar-refractivity contribution in [2.45, 2.75) is 39.0 Å². The summed E-state index contributed by atoms with van der Waals surface area (Å²) in [6, 6.07) is 2.74. The van der Waals surface area contributed by atoms with Gasteiger partial charge in [0.1, 0.15) is 23.2 Å². The van der Waals surface area contributed by atoms with Crippen molar-refractivity contribution in [3.63, 3.8) is 0 Å². The highest BCUT2D eigenvalue weighted by Gasteiger charge is 2.37. The molecule has 0 spiro atoms. The zero-order valence-electron chi connectivity index (χ0n) is 15.3. The molecule has 2 aromatic rings. The van der Waals surface area contributed by atoms with Crippen molar-refractivity contribution in [1.82, 2.24) is 14.9 Å². The minimum absolute atomic E-state index is 0.110. The van der Waals surface area contributed by atoms with E-state index in [-0.39, 0.29) is 17.6 Å². The fourth-order valence-electron chi connectivity index (χ4n) is 3.36. The number of halogens is 3. The van der Waals surface area contributed by atoms with E-state index in [2.05, 4.69) is 14.9 Å². The predicted molar refractivity (Wildman–Crippen MR) is 92.0 cm³/mol. The van der Waals surface area contributed by atoms with Crippen LogP contribution in [0.1, 0.15) is 34.7 Å². The SMILES string of the molecule is Cc1cc(C(F)(F)F)c(C#N)c(N2CCC(N(C)Cc3ncoc3C)C2)n1. The molecule has 0 radical (unpaired) electrons. The van der Waals surface area contributed by atoms with E-state index in [0.29, 0.717) is 19.6 Å². The van der Waals surface area contributed by atoms with Gasteiger partial charge in [-0.1, -0.05) is 0 Å². The Morgan fingerprint density at radius 2 is 2.15 bits per heavy atom. The average molecular weight is 379 g/mol. The Morgan fingerprint density at radius 1 is 1.41 bits per heavy atom. The van der Waals surface area contributed by atoms with Crippen molar-refractivity contribution in [1.29, 1.82) is 5.26 Å². The number of rotatable bonds is 4. The third kappa shape index (κ3) is 3.90. The first-order valence-corrected chi connectivity index (χ1v) is 8.53. The second-order valence-electron chi connectivity index (χ2n) is 6.78. The van der Waals surface area contributed by atoms with E-state index in [1.165, 1.54) is 13.3 Å². The van der Waals surface area contributed by atoms with Gasteiger partial charge in [-0.25, -0.2) is 9.97 Å². The molecular weight excluding hydrogens is 359 g/mol. The molecule has 0 aromatic carbocycles. The smallest absolute Gasteiger partial charge is 0.417 e. The molecule has 2 aromatic heterocycles. The van der Waals surface area contributed by atoms with Gasteiger partial charge in [0.2, 0.25) is 0 Å². The largest absolute Gasteiger partial charge is 0.448 e. The van der Waals surface area contributed by atoms with Crippen molar-refractivity contribution in [2.24, 2.45) is 0 Å². The van der Waals surface area contributed by atoms with E-state index in [1.807, 2.05) is 14.0 Å². The molecule has 0 aliphatic carbocycles. The number of aromatic nitrogens is 2. The summed E-state index contributed by atoms with van der Waals surface area (Å²) in [6.45, 7) is 4.96. The number of pyridine rings is 1. The van der Waals surface area contributed by atoms with Gasteiger partial charge in [-0.2, -0.15) is 18.4 Å². The lowest BCUT2D eigenvalue weighted by atomic mass is 10.1. The van der Waals surface area contributed by atoms with Gasteiger partial charge in [0.15, 0.2) is 6.39 Å². The molecule has 0 N–H and O–H groups in total. The lowest BCUT2D eigenvalue weighted by Gasteiger charge is -2.25. The zero-order valence-corrected chi connectivity index (χ0v) is 15.3. The van der Waals surface area contributed by atoms with Crippen LogP contribution in [0, 0.1) is 25.2 Å². The monoisotopic (exact) mass is 379 g/mol. The van der Waals surface area contributed by atoms with Crippen LogP contribution in [-0.2, 0) is 12.7 Å². The summed E-state index contributed by atoms with van der Waals surface area (Å²) in [5.41, 5.74) is -0.265. The number of hydrogen-bond acceptors (Lipinski definition) is 6. The number of anilines is 1. The van der Waals surface area contributed by atoms with E-state index >= 15 is 0 Å². The van der Waals surface area contributed by atoms with Crippen molar-refractivity contribution >= 4 is 5.82 Å². The lowest BCUT2D eigenvalue weighted by molar-refractivity contribution is -0.137. The lowest BCUT2D eigenvalue weighted by Crippen LogP contribution is -2.35. The highest BCUT2D eigenvalue weighted by atomic mass is 19.4. The van der Waals surface area contributed by atoms with E-state index in [1.54, 1.807) is 11.0 Å². The fourth-order valence-corrected chi connectivity index (χ4v) is 3.36. The highest BCUT2D eigenvalue weighted by molar-refractivity contribution is 5.60. The van der Waals surface area contributed by atoms with Gasteiger partial charge < -0.3 is 9.32 Å². The molecule has 1 aliphatic heterocycles. The molecular formula is C18H20F3N5O. The minimum Gasteiger partial charge on any atom is -0.448 e. The molecule has 0 saturated carbocycles. The average Bonchev–Trinajstić information content (AvgIpc) is 3.23. The predicted octanol–water partition coefficient (Wildman–Crippen LogP) is 3.29. The van der Waals surface area contributed by atoms with Crippen LogP contribution >= 0.6 is 0 Å². The molecule has 144 valence electrons. The molecule has 1 unspecified atom stereocenters. The Labute approximate surface area is 155 Å². The molecule has 1 aliphatic rings. The summed E-state index contributed by atoms with van der Waals surface area (Å²) in [5, 5.41) is 9.34. The number of hydrogen-bond donors (Lipinski definition) is 0. The Kier molecular flexibility index (Phi) is 5.11. The Morgan fingerprint density at radius 3 is 2.74 bits per heavy atom. The second-order valence-corrected chi connectivity index (χ2v) is 6.78. The first kappa shape index (κ1) is 19.2. The fraction of sp³-hybridized carbons (Fsp3) is 0.500. The molecule has 0 amide bonds. The zero-order chi connectivity index (χ0) is 19.8. The summed E-state index contributed by atoms with van der Waals surface area (Å²) in [6.07, 6.45) is -2.43. The number of oxazole rings is 1. The van der Waals surface area contributed by atoms with E-state index in [0.717, 1.165) is 23.9 Å². The van der Waals surface area contributed by atoms with E-state index in [4.69, 9.17) is 4.42 Å². The van der Waals surface area contributed by atoms with Crippen molar-refractivity contribution in [3.05, 3.63) is 40.7 Å². The van der Waals surface area contributed by atoms with Crippen LogP contribution in [0.3, 0.4) is 0 Å². The normalized spacial score (nSPS) is 17.6. The number of aryl methyl sites for hydroxylation is 2. The quantitative estimate of drug-likeness (QED) is 0.812. The summed E-state index contributed by atoms with van der Waals surface area (Å²) in [7, 11) is 1.94. The number of alkyl halides is 3. The molecule has 3 heterocycles. The number of nitriles is 1. The molecule has 0 bridgehead atoms. The van der Waals surface area contributed by atoms with Crippen LogP contribution in [0.4, 0.5) is 19.0 Å². The van der Waals surface area contributed by atoms with Gasteiger partial charge in [0.05, 0.1) is 11.3 Å². The molecule has 6 nitrogen and oxygen atoms in total. The number of likely N-dealkylation sites (N-methyl/N-ethyl adjacent to an activating group) is 1. The van der Waals surface area contributed by atoms with Crippen molar-refractivity contribution < 1.29 is 17.6 Å². The maximum atomic E-state index is 13.3. The molecule has 1 atom stereocenters. The van der Waals surface area contributed by atoms with Crippen LogP contribution in [0.2, 0.25) is 0 Å². The minimum atomic E-state index is -4.59. The van der Waals surface area contributed by atoms with Gasteiger partial charge in [-0.15, -0.1) is 0 Å².